The predicted octanol–water partition coefficient (Wildman–Crippen LogP) is 2.72. The molecular formula is C19H29N3O2. The summed E-state index contributed by atoms with van der Waals surface area (Å²) in [7, 11) is 0. The smallest absolute Gasteiger partial charge is 0.241 e. The first kappa shape index (κ1) is 18.5. The van der Waals surface area contributed by atoms with Gasteiger partial charge >= 0.3 is 0 Å². The average molecular weight is 331 g/mol. The molecule has 0 unspecified atom stereocenters. The molecule has 1 saturated heterocycles. The number of anilines is 1. The predicted molar refractivity (Wildman–Crippen MR) is 96.7 cm³/mol. The lowest BCUT2D eigenvalue weighted by Crippen LogP contribution is -2.49. The maximum atomic E-state index is 12.7. The highest BCUT2D eigenvalue weighted by Crippen LogP contribution is 2.27. The van der Waals surface area contributed by atoms with Crippen LogP contribution in [0.1, 0.15) is 51.5 Å². The topological polar surface area (TPSA) is 75.4 Å². The van der Waals surface area contributed by atoms with Crippen LogP contribution in [-0.4, -0.2) is 35.8 Å². The number of nitrogens with zero attached hydrogens (tertiary/aromatic N) is 1. The van der Waals surface area contributed by atoms with E-state index >= 15 is 0 Å². The number of amides is 2. The van der Waals surface area contributed by atoms with Crippen molar-refractivity contribution in [2.45, 2.75) is 52.0 Å². The Kier molecular flexibility index (Phi) is 6.37. The van der Waals surface area contributed by atoms with Gasteiger partial charge in [0.05, 0.1) is 12.0 Å². The number of hydrogen-bond donors (Lipinski definition) is 2. The number of nitrogens with two attached hydrogens (primary N) is 1. The minimum atomic E-state index is -0.280. The maximum Gasteiger partial charge on any atom is 0.241 e. The SMILES string of the molecule is CC[C@@H](C)c1ccccc1NC(=O)[C@@H](C)N1CCC[C@H](C(N)=O)C1. The molecule has 24 heavy (non-hydrogen) atoms. The van der Waals surface area contributed by atoms with Crippen LogP contribution in [0.25, 0.3) is 0 Å². The molecule has 0 spiro atoms. The molecule has 5 heteroatoms. The van der Waals surface area contributed by atoms with Gasteiger partial charge in [-0.25, -0.2) is 0 Å². The van der Waals surface area contributed by atoms with E-state index in [1.165, 1.54) is 0 Å². The van der Waals surface area contributed by atoms with Gasteiger partial charge in [0.25, 0.3) is 0 Å². The van der Waals surface area contributed by atoms with Gasteiger partial charge in [-0.2, -0.15) is 0 Å². The van der Waals surface area contributed by atoms with Crippen molar-refractivity contribution in [2.24, 2.45) is 11.7 Å². The molecule has 0 bridgehead atoms. The van der Waals surface area contributed by atoms with Crippen molar-refractivity contribution in [1.82, 2.24) is 4.90 Å². The van der Waals surface area contributed by atoms with E-state index in [4.69, 9.17) is 5.73 Å². The fraction of sp³-hybridized carbons (Fsp3) is 0.579. The second-order valence-electron chi connectivity index (χ2n) is 6.80. The van der Waals surface area contributed by atoms with Crippen molar-refractivity contribution in [3.05, 3.63) is 29.8 Å². The highest BCUT2D eigenvalue weighted by atomic mass is 16.2. The number of primary amides is 1. The van der Waals surface area contributed by atoms with E-state index in [1.807, 2.05) is 25.1 Å². The lowest BCUT2D eigenvalue weighted by molar-refractivity contribution is -0.127. The molecule has 3 atom stereocenters. The van der Waals surface area contributed by atoms with Gasteiger partial charge in [-0.1, -0.05) is 32.0 Å². The minimum Gasteiger partial charge on any atom is -0.369 e. The molecule has 1 aliphatic rings. The van der Waals surface area contributed by atoms with Gasteiger partial charge in [-0.05, 0) is 50.3 Å². The van der Waals surface area contributed by atoms with Crippen LogP contribution in [0.5, 0.6) is 0 Å². The quantitative estimate of drug-likeness (QED) is 0.841. The zero-order valence-electron chi connectivity index (χ0n) is 14.9. The van der Waals surface area contributed by atoms with Crippen molar-refractivity contribution in [1.29, 1.82) is 0 Å². The fourth-order valence-electron chi connectivity index (χ4n) is 3.25. The summed E-state index contributed by atoms with van der Waals surface area (Å²) in [4.78, 5) is 26.2. The van der Waals surface area contributed by atoms with E-state index in [2.05, 4.69) is 30.1 Å². The maximum absolute atomic E-state index is 12.7. The molecule has 1 heterocycles. The molecule has 1 aromatic rings. The number of para-hydroxylation sites is 1. The second kappa shape index (κ2) is 8.29. The number of benzene rings is 1. The van der Waals surface area contributed by atoms with Crippen LogP contribution < -0.4 is 11.1 Å². The van der Waals surface area contributed by atoms with Gasteiger partial charge in [-0.3, -0.25) is 14.5 Å². The molecule has 1 aromatic carbocycles. The number of likely N-dealkylation sites (tertiary alicyclic amines) is 1. The number of hydrogen-bond acceptors (Lipinski definition) is 3. The lowest BCUT2D eigenvalue weighted by atomic mass is 9.95. The summed E-state index contributed by atoms with van der Waals surface area (Å²) in [5.74, 6) is -0.0577. The van der Waals surface area contributed by atoms with Crippen molar-refractivity contribution >= 4 is 17.5 Å². The van der Waals surface area contributed by atoms with Crippen molar-refractivity contribution < 1.29 is 9.59 Å². The van der Waals surface area contributed by atoms with Gasteiger partial charge in [0.15, 0.2) is 0 Å². The Morgan fingerprint density at radius 3 is 2.71 bits per heavy atom. The van der Waals surface area contributed by atoms with E-state index in [0.29, 0.717) is 12.5 Å². The molecule has 0 aromatic heterocycles. The van der Waals surface area contributed by atoms with Crippen LogP contribution in [0, 0.1) is 5.92 Å². The molecule has 2 amide bonds. The molecule has 1 aliphatic heterocycles. The summed E-state index contributed by atoms with van der Waals surface area (Å²) in [5.41, 5.74) is 7.47. The van der Waals surface area contributed by atoms with Gasteiger partial charge in [0.2, 0.25) is 11.8 Å². The van der Waals surface area contributed by atoms with Crippen LogP contribution in [0.2, 0.25) is 0 Å². The second-order valence-corrected chi connectivity index (χ2v) is 6.80. The van der Waals surface area contributed by atoms with E-state index < -0.39 is 0 Å². The lowest BCUT2D eigenvalue weighted by Gasteiger charge is -2.35. The van der Waals surface area contributed by atoms with E-state index in [0.717, 1.165) is 37.1 Å². The summed E-state index contributed by atoms with van der Waals surface area (Å²) in [6.45, 7) is 7.59. The van der Waals surface area contributed by atoms with Gasteiger partial charge in [-0.15, -0.1) is 0 Å². The number of rotatable bonds is 6. The minimum absolute atomic E-state index is 0.0316. The summed E-state index contributed by atoms with van der Waals surface area (Å²) >= 11 is 0. The van der Waals surface area contributed by atoms with Crippen LogP contribution in [-0.2, 0) is 9.59 Å². The molecule has 2 rings (SSSR count). The van der Waals surface area contributed by atoms with E-state index in [1.54, 1.807) is 0 Å². The molecule has 1 fully saturated rings. The highest BCUT2D eigenvalue weighted by molar-refractivity contribution is 5.95. The summed E-state index contributed by atoms with van der Waals surface area (Å²) in [5, 5.41) is 3.07. The van der Waals surface area contributed by atoms with Crippen LogP contribution in [0.15, 0.2) is 24.3 Å². The van der Waals surface area contributed by atoms with E-state index in [-0.39, 0.29) is 23.8 Å². The van der Waals surface area contributed by atoms with Crippen molar-refractivity contribution in [3.63, 3.8) is 0 Å². The zero-order chi connectivity index (χ0) is 17.7. The Labute approximate surface area is 144 Å². The normalized spacial score (nSPS) is 21.0. The third kappa shape index (κ3) is 4.35. The fourth-order valence-corrected chi connectivity index (χ4v) is 3.25. The van der Waals surface area contributed by atoms with E-state index in [9.17, 15) is 9.59 Å². The van der Waals surface area contributed by atoms with Crippen LogP contribution in [0.3, 0.4) is 0 Å². The first-order chi connectivity index (χ1) is 11.4. The Hall–Kier alpha value is -1.88. The number of carbonyl (C=O) groups is 2. The molecule has 0 saturated carbocycles. The Balaban J connectivity index is 2.05. The molecule has 5 nitrogen and oxygen atoms in total. The molecule has 3 N–H and O–H groups in total. The monoisotopic (exact) mass is 331 g/mol. The molecule has 0 radical (unpaired) electrons. The first-order valence-electron chi connectivity index (χ1n) is 8.87. The van der Waals surface area contributed by atoms with Crippen molar-refractivity contribution in [3.8, 4) is 0 Å². The Morgan fingerprint density at radius 2 is 2.04 bits per heavy atom. The molecule has 0 aliphatic carbocycles. The third-order valence-electron chi connectivity index (χ3n) is 5.14. The summed E-state index contributed by atoms with van der Waals surface area (Å²) in [6.07, 6.45) is 2.74. The van der Waals surface area contributed by atoms with Crippen LogP contribution >= 0.6 is 0 Å². The Bertz CT molecular complexity index is 588. The standard InChI is InChI=1S/C19H29N3O2/c1-4-13(2)16-9-5-6-10-17(16)21-19(24)14(3)22-11-7-8-15(12-22)18(20)23/h5-6,9-10,13-15H,4,7-8,11-12H2,1-3H3,(H2,20,23)(H,21,24)/t13-,14-,15+/m1/s1. The number of nitrogens with one attached hydrogen (secondary N) is 1. The summed E-state index contributed by atoms with van der Waals surface area (Å²) in [6, 6.07) is 7.68. The Morgan fingerprint density at radius 1 is 1.33 bits per heavy atom. The number of carbonyl (C=O) groups excluding carboxylic acids is 2. The average Bonchev–Trinajstić information content (AvgIpc) is 2.60. The zero-order valence-corrected chi connectivity index (χ0v) is 14.9. The first-order valence-corrected chi connectivity index (χ1v) is 8.87. The molecule has 132 valence electrons. The highest BCUT2D eigenvalue weighted by Gasteiger charge is 2.30. The van der Waals surface area contributed by atoms with Crippen molar-refractivity contribution in [2.75, 3.05) is 18.4 Å². The van der Waals surface area contributed by atoms with Gasteiger partial charge < -0.3 is 11.1 Å². The van der Waals surface area contributed by atoms with Gasteiger partial charge in [0, 0.05) is 12.2 Å². The summed E-state index contributed by atoms with van der Waals surface area (Å²) < 4.78 is 0. The molecular weight excluding hydrogens is 302 g/mol. The number of piperidine rings is 1. The largest absolute Gasteiger partial charge is 0.369 e. The van der Waals surface area contributed by atoms with Crippen LogP contribution in [0.4, 0.5) is 5.69 Å². The third-order valence-corrected chi connectivity index (χ3v) is 5.14. The van der Waals surface area contributed by atoms with Gasteiger partial charge in [0.1, 0.15) is 0 Å².